The van der Waals surface area contributed by atoms with Crippen molar-refractivity contribution in [1.29, 1.82) is 0 Å². The van der Waals surface area contributed by atoms with Crippen LogP contribution in [0.25, 0.3) is 10.8 Å². The van der Waals surface area contributed by atoms with Gasteiger partial charge in [0.2, 0.25) is 0 Å². The van der Waals surface area contributed by atoms with Crippen molar-refractivity contribution in [1.82, 2.24) is 4.98 Å². The molecule has 1 aromatic heterocycles. The lowest BCUT2D eigenvalue weighted by Gasteiger charge is -2.32. The van der Waals surface area contributed by atoms with Gasteiger partial charge in [0.05, 0.1) is 11.2 Å². The quantitative estimate of drug-likeness (QED) is 0.753. The fraction of sp³-hybridized carbons (Fsp3) is 0.471. The predicted molar refractivity (Wildman–Crippen MR) is 86.9 cm³/mol. The van der Waals surface area contributed by atoms with Gasteiger partial charge in [-0.15, -0.1) is 0 Å². The lowest BCUT2D eigenvalue weighted by Crippen LogP contribution is -2.41. The zero-order valence-corrected chi connectivity index (χ0v) is 13.7. The van der Waals surface area contributed by atoms with Crippen molar-refractivity contribution in [3.05, 3.63) is 35.7 Å². The molecule has 3 nitrogen and oxygen atoms in total. The molecule has 2 aromatic rings. The van der Waals surface area contributed by atoms with Gasteiger partial charge in [0.15, 0.2) is 0 Å². The molecule has 0 bridgehead atoms. The molecule has 1 saturated heterocycles. The Morgan fingerprint density at radius 1 is 0.952 bits per heavy atom. The summed E-state index contributed by atoms with van der Waals surface area (Å²) >= 11 is 0. The number of hydrogen-bond donors (Lipinski definition) is 0. The number of aryl methyl sites for hydroxylation is 2. The first-order chi connectivity index (χ1) is 9.69. The second-order valence-electron chi connectivity index (χ2n) is 6.92. The zero-order chi connectivity index (χ0) is 15.4. The number of aromatic nitrogens is 1. The van der Waals surface area contributed by atoms with Gasteiger partial charge in [-0.1, -0.05) is 18.2 Å². The summed E-state index contributed by atoms with van der Waals surface area (Å²) in [7, 11) is -0.312. The molecule has 2 heterocycles. The fourth-order valence-electron chi connectivity index (χ4n) is 2.74. The van der Waals surface area contributed by atoms with Crippen LogP contribution in [0.1, 0.15) is 39.1 Å². The van der Waals surface area contributed by atoms with Gasteiger partial charge in [-0.25, -0.2) is 0 Å². The Morgan fingerprint density at radius 3 is 2.19 bits per heavy atom. The third-order valence-electron chi connectivity index (χ3n) is 4.70. The van der Waals surface area contributed by atoms with Crippen LogP contribution < -0.4 is 5.46 Å². The Bertz CT molecular complexity index is 693. The molecule has 0 amide bonds. The van der Waals surface area contributed by atoms with Crippen molar-refractivity contribution in [2.45, 2.75) is 52.7 Å². The van der Waals surface area contributed by atoms with Crippen LogP contribution in [0.15, 0.2) is 24.3 Å². The topological polar surface area (TPSA) is 31.4 Å². The van der Waals surface area contributed by atoms with Crippen LogP contribution in [0.5, 0.6) is 0 Å². The van der Waals surface area contributed by atoms with Gasteiger partial charge in [-0.05, 0) is 58.5 Å². The first-order valence-corrected chi connectivity index (χ1v) is 7.43. The second kappa shape index (κ2) is 4.55. The molecule has 1 aliphatic rings. The third-order valence-corrected chi connectivity index (χ3v) is 4.70. The monoisotopic (exact) mass is 283 g/mol. The molecular formula is C17H22BNO2. The van der Waals surface area contributed by atoms with E-state index in [4.69, 9.17) is 9.31 Å². The Balaban J connectivity index is 2.03. The van der Waals surface area contributed by atoms with E-state index in [2.05, 4.69) is 56.9 Å². The van der Waals surface area contributed by atoms with Crippen molar-refractivity contribution in [3.8, 4) is 0 Å². The van der Waals surface area contributed by atoms with Crippen LogP contribution in [0, 0.1) is 13.8 Å². The molecule has 0 unspecified atom stereocenters. The molecule has 1 aliphatic heterocycles. The van der Waals surface area contributed by atoms with E-state index in [0.29, 0.717) is 0 Å². The maximum absolute atomic E-state index is 6.12. The summed E-state index contributed by atoms with van der Waals surface area (Å²) < 4.78 is 12.2. The van der Waals surface area contributed by atoms with E-state index in [1.165, 1.54) is 10.8 Å². The van der Waals surface area contributed by atoms with Crippen molar-refractivity contribution < 1.29 is 9.31 Å². The van der Waals surface area contributed by atoms with Crippen LogP contribution in [-0.2, 0) is 9.31 Å². The van der Waals surface area contributed by atoms with E-state index in [0.717, 1.165) is 16.9 Å². The van der Waals surface area contributed by atoms with E-state index in [1.807, 2.05) is 13.8 Å². The molecule has 0 N–H and O–H groups in total. The lowest BCUT2D eigenvalue weighted by molar-refractivity contribution is 0.00578. The van der Waals surface area contributed by atoms with Crippen molar-refractivity contribution in [2.75, 3.05) is 0 Å². The first kappa shape index (κ1) is 14.5. The minimum Gasteiger partial charge on any atom is -0.399 e. The van der Waals surface area contributed by atoms with Crippen LogP contribution in [0.4, 0.5) is 0 Å². The van der Waals surface area contributed by atoms with Gasteiger partial charge < -0.3 is 9.31 Å². The number of benzene rings is 1. The molecular weight excluding hydrogens is 261 g/mol. The highest BCUT2D eigenvalue weighted by molar-refractivity contribution is 6.62. The summed E-state index contributed by atoms with van der Waals surface area (Å²) in [6.07, 6.45) is 0. The van der Waals surface area contributed by atoms with Crippen molar-refractivity contribution in [2.24, 2.45) is 0 Å². The summed E-state index contributed by atoms with van der Waals surface area (Å²) in [5, 5.41) is 2.37. The van der Waals surface area contributed by atoms with Crippen LogP contribution in [-0.4, -0.2) is 23.3 Å². The van der Waals surface area contributed by atoms with Gasteiger partial charge in [0.1, 0.15) is 0 Å². The average Bonchev–Trinajstić information content (AvgIpc) is 2.57. The highest BCUT2D eigenvalue weighted by atomic mass is 16.7. The summed E-state index contributed by atoms with van der Waals surface area (Å²) in [6.45, 7) is 12.4. The Hall–Kier alpha value is -1.39. The number of rotatable bonds is 1. The summed E-state index contributed by atoms with van der Waals surface area (Å²) in [4.78, 5) is 4.51. The van der Waals surface area contributed by atoms with Crippen LogP contribution in [0.3, 0.4) is 0 Å². The second-order valence-corrected chi connectivity index (χ2v) is 6.92. The van der Waals surface area contributed by atoms with Crippen molar-refractivity contribution >= 4 is 23.4 Å². The van der Waals surface area contributed by atoms with Gasteiger partial charge in [0.25, 0.3) is 0 Å². The van der Waals surface area contributed by atoms with E-state index >= 15 is 0 Å². The molecule has 3 rings (SSSR count). The Labute approximate surface area is 126 Å². The molecule has 1 fully saturated rings. The Kier molecular flexibility index (Phi) is 3.15. The average molecular weight is 283 g/mol. The molecule has 0 radical (unpaired) electrons. The van der Waals surface area contributed by atoms with Gasteiger partial charge >= 0.3 is 7.12 Å². The smallest absolute Gasteiger partial charge is 0.399 e. The Morgan fingerprint density at radius 2 is 1.57 bits per heavy atom. The predicted octanol–water partition coefficient (Wildman–Crippen LogP) is 3.15. The highest BCUT2D eigenvalue weighted by Gasteiger charge is 2.51. The third kappa shape index (κ3) is 2.36. The van der Waals surface area contributed by atoms with E-state index in [9.17, 15) is 0 Å². The summed E-state index contributed by atoms with van der Waals surface area (Å²) in [5.41, 5.74) is 2.54. The largest absolute Gasteiger partial charge is 0.494 e. The van der Waals surface area contributed by atoms with Crippen molar-refractivity contribution in [3.63, 3.8) is 0 Å². The lowest BCUT2D eigenvalue weighted by atomic mass is 9.78. The molecule has 0 spiro atoms. The highest BCUT2D eigenvalue weighted by Crippen LogP contribution is 2.36. The number of pyridine rings is 1. The molecule has 0 atom stereocenters. The number of nitrogens with zero attached hydrogens (tertiary/aromatic N) is 1. The van der Waals surface area contributed by atoms with E-state index in [1.54, 1.807) is 0 Å². The normalized spacial score (nSPS) is 20.2. The van der Waals surface area contributed by atoms with Crippen LogP contribution >= 0.6 is 0 Å². The standard InChI is InChI=1S/C17H22BNO2/c1-11-9-13-10-14(7-8-15(13)12(2)19-11)18-20-16(3,4)17(5,6)21-18/h7-10H,1-6H3. The molecule has 1 aromatic carbocycles. The molecule has 110 valence electrons. The molecule has 4 heteroatoms. The SMILES string of the molecule is Cc1cc2cc(B3OC(C)(C)C(C)(C)O3)ccc2c(C)n1. The summed E-state index contributed by atoms with van der Waals surface area (Å²) in [5.74, 6) is 0. The van der Waals surface area contributed by atoms with E-state index in [-0.39, 0.29) is 18.3 Å². The molecule has 0 aliphatic carbocycles. The van der Waals surface area contributed by atoms with E-state index < -0.39 is 0 Å². The first-order valence-electron chi connectivity index (χ1n) is 7.43. The van der Waals surface area contributed by atoms with Gasteiger partial charge in [0, 0.05) is 16.8 Å². The molecule has 0 saturated carbocycles. The minimum absolute atomic E-state index is 0.309. The van der Waals surface area contributed by atoms with Crippen LogP contribution in [0.2, 0.25) is 0 Å². The maximum atomic E-state index is 6.12. The zero-order valence-electron chi connectivity index (χ0n) is 13.7. The number of hydrogen-bond acceptors (Lipinski definition) is 3. The fourth-order valence-corrected chi connectivity index (χ4v) is 2.74. The van der Waals surface area contributed by atoms with Gasteiger partial charge in [-0.2, -0.15) is 0 Å². The van der Waals surface area contributed by atoms with Gasteiger partial charge in [-0.3, -0.25) is 4.98 Å². The summed E-state index contributed by atoms with van der Waals surface area (Å²) in [6, 6.07) is 8.45. The molecule has 21 heavy (non-hydrogen) atoms. The number of fused-ring (bicyclic) bond motifs is 1. The minimum atomic E-state index is -0.312. The maximum Gasteiger partial charge on any atom is 0.494 e.